The lowest BCUT2D eigenvalue weighted by atomic mass is 10.2. The van der Waals surface area contributed by atoms with Gasteiger partial charge in [0.1, 0.15) is 5.82 Å². The van der Waals surface area contributed by atoms with Crippen LogP contribution in [0.2, 0.25) is 5.02 Å². The van der Waals surface area contributed by atoms with Crippen LogP contribution in [0.5, 0.6) is 0 Å². The molecule has 2 heterocycles. The molecule has 4 heteroatoms. The second-order valence-corrected chi connectivity index (χ2v) is 4.80. The molecule has 0 fully saturated rings. The average Bonchev–Trinajstić information content (AvgIpc) is 2.94. The van der Waals surface area contributed by atoms with E-state index >= 15 is 0 Å². The van der Waals surface area contributed by atoms with Gasteiger partial charge < -0.3 is 9.13 Å². The van der Waals surface area contributed by atoms with Gasteiger partial charge in [0.15, 0.2) is 0 Å². The highest BCUT2D eigenvalue weighted by molar-refractivity contribution is 6.35. The highest BCUT2D eigenvalue weighted by atomic mass is 35.5. The number of imidazole rings is 1. The second kappa shape index (κ2) is 4.50. The summed E-state index contributed by atoms with van der Waals surface area (Å²) >= 11 is 6.25. The smallest absolute Gasteiger partial charge is 0.110 e. The predicted molar refractivity (Wildman–Crippen MR) is 73.9 cm³/mol. The average molecular weight is 260 g/mol. The molecule has 0 saturated carbocycles. The summed E-state index contributed by atoms with van der Waals surface area (Å²) in [5, 5.41) is 1.99. The SMILES string of the molecule is Cn1ccnc1CCn1ccc2cccc(Cl)c21. The maximum atomic E-state index is 6.25. The van der Waals surface area contributed by atoms with Gasteiger partial charge in [-0.15, -0.1) is 0 Å². The van der Waals surface area contributed by atoms with Crippen molar-refractivity contribution in [3.8, 4) is 0 Å². The van der Waals surface area contributed by atoms with E-state index in [0.29, 0.717) is 0 Å². The first-order valence-electron chi connectivity index (χ1n) is 5.95. The minimum Gasteiger partial charge on any atom is -0.346 e. The number of halogens is 1. The Morgan fingerprint density at radius 2 is 2.11 bits per heavy atom. The van der Waals surface area contributed by atoms with Gasteiger partial charge in [0.2, 0.25) is 0 Å². The number of aryl methyl sites for hydroxylation is 3. The van der Waals surface area contributed by atoms with Crippen molar-refractivity contribution in [1.82, 2.24) is 14.1 Å². The summed E-state index contributed by atoms with van der Waals surface area (Å²) in [6.45, 7) is 0.887. The molecule has 0 unspecified atom stereocenters. The van der Waals surface area contributed by atoms with Gasteiger partial charge in [0.05, 0.1) is 10.5 Å². The van der Waals surface area contributed by atoms with Gasteiger partial charge in [0, 0.05) is 44.0 Å². The molecule has 92 valence electrons. The van der Waals surface area contributed by atoms with Crippen LogP contribution in [-0.4, -0.2) is 14.1 Å². The fourth-order valence-electron chi connectivity index (χ4n) is 2.26. The molecular weight excluding hydrogens is 246 g/mol. The van der Waals surface area contributed by atoms with E-state index in [2.05, 4.69) is 27.9 Å². The number of aromatic nitrogens is 3. The van der Waals surface area contributed by atoms with Gasteiger partial charge in [0.25, 0.3) is 0 Å². The van der Waals surface area contributed by atoms with Gasteiger partial charge in [-0.2, -0.15) is 0 Å². The number of fused-ring (bicyclic) bond motifs is 1. The van der Waals surface area contributed by atoms with Gasteiger partial charge in [-0.05, 0) is 12.1 Å². The minimum atomic E-state index is 0.803. The van der Waals surface area contributed by atoms with Crippen molar-refractivity contribution < 1.29 is 0 Å². The van der Waals surface area contributed by atoms with E-state index < -0.39 is 0 Å². The molecule has 18 heavy (non-hydrogen) atoms. The first-order valence-corrected chi connectivity index (χ1v) is 6.33. The van der Waals surface area contributed by atoms with Crippen LogP contribution in [0.15, 0.2) is 42.9 Å². The standard InChI is InChI=1S/C14H14ClN3/c1-17-10-7-16-13(17)6-9-18-8-5-11-3-2-4-12(15)14(11)18/h2-5,7-8,10H,6,9H2,1H3. The molecule has 3 aromatic rings. The third-order valence-corrected chi connectivity index (χ3v) is 3.54. The van der Waals surface area contributed by atoms with Crippen molar-refractivity contribution in [3.05, 3.63) is 53.7 Å². The quantitative estimate of drug-likeness (QED) is 0.708. The number of hydrogen-bond donors (Lipinski definition) is 0. The van der Waals surface area contributed by atoms with E-state index in [1.54, 1.807) is 0 Å². The van der Waals surface area contributed by atoms with Gasteiger partial charge in [-0.1, -0.05) is 23.7 Å². The molecule has 0 aliphatic rings. The van der Waals surface area contributed by atoms with Crippen LogP contribution in [-0.2, 0) is 20.0 Å². The number of hydrogen-bond acceptors (Lipinski definition) is 1. The lowest BCUT2D eigenvalue weighted by molar-refractivity contribution is 0.668. The van der Waals surface area contributed by atoms with E-state index in [0.717, 1.165) is 29.3 Å². The molecule has 2 aromatic heterocycles. The zero-order valence-electron chi connectivity index (χ0n) is 10.2. The molecule has 0 N–H and O–H groups in total. The third kappa shape index (κ3) is 1.91. The van der Waals surface area contributed by atoms with Crippen LogP contribution in [0.3, 0.4) is 0 Å². The molecule has 0 aliphatic carbocycles. The number of nitrogens with zero attached hydrogens (tertiary/aromatic N) is 3. The predicted octanol–water partition coefficient (Wildman–Crippen LogP) is 3.27. The summed E-state index contributed by atoms with van der Waals surface area (Å²) in [6, 6.07) is 8.09. The first kappa shape index (κ1) is 11.4. The Balaban J connectivity index is 1.89. The summed E-state index contributed by atoms with van der Waals surface area (Å²) in [5.41, 5.74) is 1.10. The Morgan fingerprint density at radius 3 is 2.89 bits per heavy atom. The minimum absolute atomic E-state index is 0.803. The van der Waals surface area contributed by atoms with Crippen LogP contribution in [0, 0.1) is 0 Å². The highest BCUT2D eigenvalue weighted by Crippen LogP contribution is 2.24. The monoisotopic (exact) mass is 259 g/mol. The Hall–Kier alpha value is -1.74. The summed E-state index contributed by atoms with van der Waals surface area (Å²) < 4.78 is 4.24. The largest absolute Gasteiger partial charge is 0.346 e. The fraction of sp³-hybridized carbons (Fsp3) is 0.214. The van der Waals surface area contributed by atoms with Crippen molar-refractivity contribution in [2.24, 2.45) is 7.05 Å². The van der Waals surface area contributed by atoms with E-state index in [1.807, 2.05) is 36.1 Å². The summed E-state index contributed by atoms with van der Waals surface area (Å²) in [4.78, 5) is 4.33. The van der Waals surface area contributed by atoms with Crippen molar-refractivity contribution in [1.29, 1.82) is 0 Å². The molecule has 0 amide bonds. The molecule has 0 radical (unpaired) electrons. The van der Waals surface area contributed by atoms with Gasteiger partial charge in [-0.3, -0.25) is 0 Å². The summed E-state index contributed by atoms with van der Waals surface area (Å²) in [6.07, 6.45) is 6.78. The molecular formula is C14H14ClN3. The topological polar surface area (TPSA) is 22.8 Å². The normalized spacial score (nSPS) is 11.2. The van der Waals surface area contributed by atoms with Crippen LogP contribution >= 0.6 is 11.6 Å². The van der Waals surface area contributed by atoms with E-state index in [4.69, 9.17) is 11.6 Å². The van der Waals surface area contributed by atoms with Crippen LogP contribution in [0.4, 0.5) is 0 Å². The summed E-state index contributed by atoms with van der Waals surface area (Å²) in [5.74, 6) is 1.09. The molecule has 0 aliphatic heterocycles. The molecule has 0 saturated heterocycles. The number of rotatable bonds is 3. The number of benzene rings is 1. The van der Waals surface area contributed by atoms with E-state index in [9.17, 15) is 0 Å². The molecule has 1 aromatic carbocycles. The molecule has 3 nitrogen and oxygen atoms in total. The Kier molecular flexibility index (Phi) is 2.84. The van der Waals surface area contributed by atoms with E-state index in [1.165, 1.54) is 5.39 Å². The molecule has 0 spiro atoms. The molecule has 0 atom stereocenters. The Morgan fingerprint density at radius 1 is 1.22 bits per heavy atom. The van der Waals surface area contributed by atoms with Crippen LogP contribution in [0.25, 0.3) is 10.9 Å². The lowest BCUT2D eigenvalue weighted by Crippen LogP contribution is -2.04. The Bertz CT molecular complexity index is 681. The zero-order valence-corrected chi connectivity index (χ0v) is 10.9. The third-order valence-electron chi connectivity index (χ3n) is 3.24. The van der Waals surface area contributed by atoms with Crippen molar-refractivity contribution in [2.45, 2.75) is 13.0 Å². The molecule has 3 rings (SSSR count). The Labute approximate surface area is 111 Å². The maximum Gasteiger partial charge on any atom is 0.110 e. The van der Waals surface area contributed by atoms with Gasteiger partial charge >= 0.3 is 0 Å². The zero-order chi connectivity index (χ0) is 12.5. The summed E-state index contributed by atoms with van der Waals surface area (Å²) in [7, 11) is 2.02. The van der Waals surface area contributed by atoms with Gasteiger partial charge in [-0.25, -0.2) is 4.98 Å². The van der Waals surface area contributed by atoms with Crippen molar-refractivity contribution in [2.75, 3.05) is 0 Å². The van der Waals surface area contributed by atoms with Crippen molar-refractivity contribution >= 4 is 22.5 Å². The van der Waals surface area contributed by atoms with E-state index in [-0.39, 0.29) is 0 Å². The van der Waals surface area contributed by atoms with Crippen LogP contribution < -0.4 is 0 Å². The van der Waals surface area contributed by atoms with Crippen molar-refractivity contribution in [3.63, 3.8) is 0 Å². The second-order valence-electron chi connectivity index (χ2n) is 4.39. The first-order chi connectivity index (χ1) is 8.75. The fourth-order valence-corrected chi connectivity index (χ4v) is 2.55. The highest BCUT2D eigenvalue weighted by Gasteiger charge is 2.06. The number of para-hydroxylation sites is 1. The maximum absolute atomic E-state index is 6.25. The lowest BCUT2D eigenvalue weighted by Gasteiger charge is -2.06. The molecule has 0 bridgehead atoms. The van der Waals surface area contributed by atoms with Crippen LogP contribution in [0.1, 0.15) is 5.82 Å².